The van der Waals surface area contributed by atoms with Crippen molar-refractivity contribution in [1.82, 2.24) is 5.32 Å². The third-order valence-electron chi connectivity index (χ3n) is 4.55. The number of benzene rings is 1. The number of hydrogen-bond donors (Lipinski definition) is 1. The molecule has 1 N–H and O–H groups in total. The number of nitrogens with one attached hydrogen (secondary N) is 1. The molecule has 23 heavy (non-hydrogen) atoms. The molecule has 0 amide bonds. The zero-order valence-corrected chi connectivity index (χ0v) is 18.7. The Kier molecular flexibility index (Phi) is 11.4. The summed E-state index contributed by atoms with van der Waals surface area (Å²) >= 11 is 2.10. The molecule has 1 nitrogen and oxygen atoms in total. The van der Waals surface area contributed by atoms with Gasteiger partial charge in [-0.1, -0.05) is 45.9 Å². The molecule has 1 aromatic rings. The van der Waals surface area contributed by atoms with Crippen molar-refractivity contribution >= 4 is 29.9 Å². The first-order valence-corrected chi connectivity index (χ1v) is 9.17. The molecule has 0 aliphatic carbocycles. The minimum absolute atomic E-state index is 0. The van der Waals surface area contributed by atoms with Gasteiger partial charge in [-0.2, -0.15) is 0 Å². The van der Waals surface area contributed by atoms with Crippen molar-refractivity contribution in [3.63, 3.8) is 0 Å². The van der Waals surface area contributed by atoms with Gasteiger partial charge in [-0.05, 0) is 55.2 Å². The Morgan fingerprint density at radius 2 is 1.48 bits per heavy atom. The van der Waals surface area contributed by atoms with Gasteiger partial charge in [0.05, 0.1) is 0 Å². The van der Waals surface area contributed by atoms with Crippen LogP contribution in [0, 0.1) is 5.41 Å². The topological polar surface area (TPSA) is 12.0 Å². The fourth-order valence-electron chi connectivity index (χ4n) is 3.99. The summed E-state index contributed by atoms with van der Waals surface area (Å²) in [7, 11) is 0. The Bertz CT molecular complexity index is 464. The number of rotatable bonds is 3. The molecule has 0 aromatic heterocycles. The Morgan fingerprint density at radius 1 is 1.04 bits per heavy atom. The average Bonchev–Trinajstić information content (AvgIpc) is 2.67. The molecule has 1 aliphatic heterocycles. The van der Waals surface area contributed by atoms with E-state index in [1.54, 1.807) is 5.56 Å². The third kappa shape index (κ3) is 5.92. The van der Waals surface area contributed by atoms with Crippen LogP contribution in [0.25, 0.3) is 0 Å². The molecule has 4 heteroatoms. The van der Waals surface area contributed by atoms with Crippen LogP contribution in [0.2, 0.25) is 0 Å². The molecular weight excluding hydrogens is 414 g/mol. The zero-order valence-electron chi connectivity index (χ0n) is 15.3. The molecular formula is C19H33Cl2NRu. The number of aryl methyl sites for hydroxylation is 2. The van der Waals surface area contributed by atoms with E-state index in [-0.39, 0.29) is 30.4 Å². The van der Waals surface area contributed by atoms with Crippen molar-refractivity contribution in [2.45, 2.75) is 72.4 Å². The van der Waals surface area contributed by atoms with Crippen molar-refractivity contribution in [2.75, 3.05) is 0 Å². The van der Waals surface area contributed by atoms with Gasteiger partial charge in [0, 0.05) is 11.6 Å². The fourth-order valence-corrected chi connectivity index (χ4v) is 3.99. The van der Waals surface area contributed by atoms with Gasteiger partial charge in [-0.25, -0.2) is 0 Å². The van der Waals surface area contributed by atoms with Gasteiger partial charge in [-0.3, -0.25) is 0 Å². The second-order valence-electron chi connectivity index (χ2n) is 7.32. The molecule has 1 unspecified atom stereocenters. The molecule has 1 aliphatic rings. The summed E-state index contributed by atoms with van der Waals surface area (Å²) in [6, 6.07) is 7.30. The van der Waals surface area contributed by atoms with Crippen molar-refractivity contribution < 1.29 is 17.9 Å². The number of halogens is 2. The molecule has 1 aromatic carbocycles. The summed E-state index contributed by atoms with van der Waals surface area (Å²) in [6.45, 7) is 14.0. The first kappa shape index (κ1) is 25.5. The first-order valence-electron chi connectivity index (χ1n) is 7.94. The standard InChI is InChI=1S/C18H29N.CH2.2ClH.Ru/c1-7-13-10-9-11-14(8-2)15(13)16-17(3,4)12-18(5,6)19-16;;;;/h9-11,16,19H,7-8,12H2,1-6H3;1H2;2*1H;. The molecule has 1 heterocycles. The van der Waals surface area contributed by atoms with Crippen LogP contribution in [0.15, 0.2) is 18.2 Å². The van der Waals surface area contributed by atoms with E-state index in [4.69, 9.17) is 0 Å². The van der Waals surface area contributed by atoms with Crippen molar-refractivity contribution in [1.29, 1.82) is 0 Å². The Hall–Kier alpha value is 0.253. The average molecular weight is 447 g/mol. The van der Waals surface area contributed by atoms with Gasteiger partial charge in [-0.15, -0.1) is 24.8 Å². The van der Waals surface area contributed by atoms with E-state index in [0.29, 0.717) is 11.5 Å². The molecule has 0 bridgehead atoms. The SMILES string of the molecule is CCc1cccc(CC)c1C1NC(C)(C)CC1(C)C.Cl.Cl.[CH2]=[Ru]. The Morgan fingerprint density at radius 3 is 1.78 bits per heavy atom. The van der Waals surface area contributed by atoms with Gasteiger partial charge in [0.2, 0.25) is 0 Å². The molecule has 0 saturated carbocycles. The zero-order chi connectivity index (χ0) is 16.3. The van der Waals surface area contributed by atoms with Crippen LogP contribution in [-0.2, 0) is 30.7 Å². The normalized spacial score (nSPS) is 20.6. The van der Waals surface area contributed by atoms with Crippen LogP contribution in [0.1, 0.15) is 70.7 Å². The predicted octanol–water partition coefficient (Wildman–Crippen LogP) is 5.46. The number of hydrogen-bond acceptors (Lipinski definition) is 1. The monoisotopic (exact) mass is 447 g/mol. The summed E-state index contributed by atoms with van der Waals surface area (Å²) in [5.74, 6) is 0. The fraction of sp³-hybridized carbons (Fsp3) is 0.632. The summed E-state index contributed by atoms with van der Waals surface area (Å²) in [5.41, 5.74) is 5.16. The van der Waals surface area contributed by atoms with Crippen molar-refractivity contribution in [3.8, 4) is 0 Å². The molecule has 1 saturated heterocycles. The Labute approximate surface area is 165 Å². The molecule has 0 radical (unpaired) electrons. The van der Waals surface area contributed by atoms with Gasteiger partial charge in [0.15, 0.2) is 0 Å². The summed E-state index contributed by atoms with van der Waals surface area (Å²) in [6.07, 6.45) is 3.47. The summed E-state index contributed by atoms with van der Waals surface area (Å²) in [4.78, 5) is 0. The van der Waals surface area contributed by atoms with E-state index in [2.05, 4.69) is 88.0 Å². The van der Waals surface area contributed by atoms with E-state index in [1.165, 1.54) is 17.5 Å². The second-order valence-corrected chi connectivity index (χ2v) is 7.32. The molecule has 1 fully saturated rings. The summed E-state index contributed by atoms with van der Waals surface area (Å²) < 4.78 is 0. The van der Waals surface area contributed by atoms with Crippen LogP contribution in [0.4, 0.5) is 0 Å². The van der Waals surface area contributed by atoms with Gasteiger partial charge in [0.1, 0.15) is 0 Å². The molecule has 2 rings (SSSR count). The molecule has 136 valence electrons. The molecule has 1 atom stereocenters. The van der Waals surface area contributed by atoms with Crippen LogP contribution in [0.5, 0.6) is 0 Å². The van der Waals surface area contributed by atoms with Crippen LogP contribution in [-0.4, -0.2) is 10.7 Å². The van der Waals surface area contributed by atoms with Gasteiger partial charge >= 0.3 is 23.0 Å². The Balaban J connectivity index is 0. The van der Waals surface area contributed by atoms with Crippen LogP contribution < -0.4 is 5.32 Å². The van der Waals surface area contributed by atoms with Crippen molar-refractivity contribution in [2.24, 2.45) is 5.41 Å². The van der Waals surface area contributed by atoms with E-state index >= 15 is 0 Å². The first-order chi connectivity index (χ1) is 9.80. The second kappa shape index (κ2) is 10.3. The van der Waals surface area contributed by atoms with Gasteiger partial charge < -0.3 is 5.32 Å². The maximum atomic E-state index is 3.89. The maximum absolute atomic E-state index is 3.89. The van der Waals surface area contributed by atoms with E-state index in [0.717, 1.165) is 12.8 Å². The van der Waals surface area contributed by atoms with E-state index in [1.807, 2.05) is 0 Å². The summed E-state index contributed by atoms with van der Waals surface area (Å²) in [5, 5.41) is 7.07. The van der Waals surface area contributed by atoms with Crippen LogP contribution >= 0.6 is 24.8 Å². The quantitative estimate of drug-likeness (QED) is 0.607. The van der Waals surface area contributed by atoms with Crippen LogP contribution in [0.3, 0.4) is 0 Å². The third-order valence-corrected chi connectivity index (χ3v) is 4.55. The minimum atomic E-state index is 0. The van der Waals surface area contributed by atoms with Crippen molar-refractivity contribution in [3.05, 3.63) is 34.9 Å². The van der Waals surface area contributed by atoms with Gasteiger partial charge in [0.25, 0.3) is 0 Å². The predicted molar refractivity (Wildman–Crippen MR) is 105 cm³/mol. The van der Waals surface area contributed by atoms with E-state index in [9.17, 15) is 0 Å². The van der Waals surface area contributed by atoms with E-state index < -0.39 is 0 Å². The molecule has 0 spiro atoms.